The number of hydrogen-bond donors (Lipinski definition) is 0. The molecule has 0 N–H and O–H groups in total. The first-order chi connectivity index (χ1) is 16.9. The number of halogens is 2. The molecule has 4 unspecified atom stereocenters. The summed E-state index contributed by atoms with van der Waals surface area (Å²) < 4.78 is 0. The van der Waals surface area contributed by atoms with Crippen molar-refractivity contribution in [2.75, 3.05) is 11.5 Å². The van der Waals surface area contributed by atoms with Crippen LogP contribution in [0.5, 0.6) is 0 Å². The molecule has 2 aliphatic rings. The van der Waals surface area contributed by atoms with E-state index in [1.807, 2.05) is 42.1 Å². The highest BCUT2D eigenvalue weighted by atomic mass is 35.5. The number of piperidine rings is 1. The van der Waals surface area contributed by atoms with Crippen molar-refractivity contribution in [1.82, 2.24) is 4.90 Å². The molecule has 0 radical (unpaired) electrons. The third-order valence-electron chi connectivity index (χ3n) is 7.75. The van der Waals surface area contributed by atoms with Gasteiger partial charge in [0.25, 0.3) is 0 Å². The van der Waals surface area contributed by atoms with Gasteiger partial charge < -0.3 is 4.90 Å². The lowest BCUT2D eigenvalue weighted by Crippen LogP contribution is -2.57. The van der Waals surface area contributed by atoms with Crippen molar-refractivity contribution in [3.8, 4) is 0 Å². The molecule has 1 aliphatic heterocycles. The summed E-state index contributed by atoms with van der Waals surface area (Å²) in [5, 5.41) is 1.46. The molecule has 1 saturated heterocycles. The Morgan fingerprint density at radius 2 is 1.86 bits per heavy atom. The Bertz CT molecular complexity index is 1020. The lowest BCUT2D eigenvalue weighted by atomic mass is 9.64. The van der Waals surface area contributed by atoms with Crippen LogP contribution >= 0.6 is 35.0 Å². The van der Waals surface area contributed by atoms with Gasteiger partial charge in [0.2, 0.25) is 5.91 Å². The van der Waals surface area contributed by atoms with Crippen LogP contribution in [0.1, 0.15) is 75.5 Å². The first-order valence-electron chi connectivity index (χ1n) is 13.0. The van der Waals surface area contributed by atoms with Crippen molar-refractivity contribution >= 4 is 40.9 Å². The fraction of sp³-hybridized carbons (Fsp3) is 0.500. The number of benzene rings is 2. The Hall–Kier alpha value is -1.42. The molecule has 188 valence electrons. The van der Waals surface area contributed by atoms with Crippen LogP contribution in [-0.2, 0) is 4.79 Å². The van der Waals surface area contributed by atoms with Gasteiger partial charge in [-0.3, -0.25) is 4.79 Å². The highest BCUT2D eigenvalue weighted by Crippen LogP contribution is 2.55. The van der Waals surface area contributed by atoms with Gasteiger partial charge in [0.15, 0.2) is 0 Å². The molecule has 0 aromatic heterocycles. The molecule has 2 aromatic carbocycles. The predicted octanol–water partition coefficient (Wildman–Crippen LogP) is 8.94. The van der Waals surface area contributed by atoms with Gasteiger partial charge >= 0.3 is 0 Å². The second kappa shape index (κ2) is 11.8. The first-order valence-corrected chi connectivity index (χ1v) is 14.9. The van der Waals surface area contributed by atoms with Crippen molar-refractivity contribution in [1.29, 1.82) is 0 Å². The van der Waals surface area contributed by atoms with Gasteiger partial charge in [-0.1, -0.05) is 73.8 Å². The molecular formula is C30H37Cl2NOS. The molecule has 5 heteroatoms. The highest BCUT2D eigenvalue weighted by Gasteiger charge is 2.54. The van der Waals surface area contributed by atoms with Gasteiger partial charge in [0, 0.05) is 27.8 Å². The summed E-state index contributed by atoms with van der Waals surface area (Å²) >= 11 is 14.8. The minimum Gasteiger partial charge on any atom is -0.330 e. The number of rotatable bonds is 11. The molecule has 35 heavy (non-hydrogen) atoms. The number of hydrogen-bond acceptors (Lipinski definition) is 2. The molecule has 4 rings (SSSR count). The third-order valence-corrected chi connectivity index (χ3v) is 9.22. The maximum absolute atomic E-state index is 14.7. The molecular weight excluding hydrogens is 493 g/mol. The van der Waals surface area contributed by atoms with E-state index >= 15 is 0 Å². The summed E-state index contributed by atoms with van der Waals surface area (Å²) in [7, 11) is 0. The van der Waals surface area contributed by atoms with Crippen molar-refractivity contribution in [2.45, 2.75) is 70.4 Å². The van der Waals surface area contributed by atoms with Crippen molar-refractivity contribution in [3.63, 3.8) is 0 Å². The quantitative estimate of drug-likeness (QED) is 0.270. The maximum atomic E-state index is 14.7. The lowest BCUT2D eigenvalue weighted by molar-refractivity contribution is -0.156. The maximum Gasteiger partial charge on any atom is 0.229 e. The van der Waals surface area contributed by atoms with E-state index in [1.165, 1.54) is 18.4 Å². The Balaban J connectivity index is 1.91. The number of amides is 1. The fourth-order valence-electron chi connectivity index (χ4n) is 6.06. The van der Waals surface area contributed by atoms with Gasteiger partial charge in [0.1, 0.15) is 0 Å². The van der Waals surface area contributed by atoms with Crippen LogP contribution < -0.4 is 0 Å². The topological polar surface area (TPSA) is 20.3 Å². The number of allylic oxidation sites excluding steroid dienone is 1. The van der Waals surface area contributed by atoms with Crippen molar-refractivity contribution in [3.05, 3.63) is 82.4 Å². The summed E-state index contributed by atoms with van der Waals surface area (Å²) in [4.78, 5) is 17.0. The largest absolute Gasteiger partial charge is 0.330 e. The van der Waals surface area contributed by atoms with E-state index in [2.05, 4.69) is 49.6 Å². The zero-order valence-corrected chi connectivity index (χ0v) is 23.2. The van der Waals surface area contributed by atoms with E-state index in [-0.39, 0.29) is 18.0 Å². The minimum absolute atomic E-state index is 0.0453. The van der Waals surface area contributed by atoms with Crippen molar-refractivity contribution in [2.24, 2.45) is 11.3 Å². The molecule has 2 aromatic rings. The molecule has 1 heterocycles. The summed E-state index contributed by atoms with van der Waals surface area (Å²) in [5.41, 5.74) is 1.93. The van der Waals surface area contributed by atoms with E-state index in [0.717, 1.165) is 41.4 Å². The molecule has 2 nitrogen and oxygen atoms in total. The van der Waals surface area contributed by atoms with Gasteiger partial charge in [0.05, 0.1) is 11.5 Å². The molecule has 0 bridgehead atoms. The van der Waals surface area contributed by atoms with E-state index < -0.39 is 5.41 Å². The van der Waals surface area contributed by atoms with Crippen LogP contribution in [0.15, 0.2) is 61.2 Å². The molecule has 1 amide bonds. The molecule has 4 atom stereocenters. The standard InChI is InChI=1S/C30H37Cl2NOS/c1-4-16-30(17-5-2)19-26(23-8-7-9-25(32)18-23)28(22-12-14-24(31)15-13-22)33(29(30)34)27(20-35-6-3)21-10-11-21/h4,7-9,12-15,18,21,26-28H,1,5-6,10-11,16-17,19-20H2,2-3H3. The summed E-state index contributed by atoms with van der Waals surface area (Å²) in [6.45, 7) is 8.47. The van der Waals surface area contributed by atoms with Crippen LogP contribution in [0.4, 0.5) is 0 Å². The van der Waals surface area contributed by atoms with Crippen LogP contribution in [-0.4, -0.2) is 28.4 Å². The Labute approximate surface area is 225 Å². The average Bonchev–Trinajstić information content (AvgIpc) is 3.68. The normalized spacial score (nSPS) is 25.5. The van der Waals surface area contributed by atoms with E-state index in [4.69, 9.17) is 23.2 Å². The number of carbonyl (C=O) groups excluding carboxylic acids is 1. The van der Waals surface area contributed by atoms with Crippen LogP contribution in [0, 0.1) is 11.3 Å². The monoisotopic (exact) mass is 529 g/mol. The van der Waals surface area contributed by atoms with E-state index in [9.17, 15) is 4.79 Å². The zero-order chi connectivity index (χ0) is 25.0. The third kappa shape index (κ3) is 5.78. The minimum atomic E-state index is -0.434. The lowest BCUT2D eigenvalue weighted by Gasteiger charge is -2.53. The molecule has 0 spiro atoms. The van der Waals surface area contributed by atoms with Crippen LogP contribution in [0.3, 0.4) is 0 Å². The zero-order valence-electron chi connectivity index (χ0n) is 20.9. The smallest absolute Gasteiger partial charge is 0.229 e. The SMILES string of the molecule is C=CCC1(CCC)CC(c2cccc(Cl)c2)C(c2ccc(Cl)cc2)N(C(CSCC)C2CC2)C1=O. The number of likely N-dealkylation sites (tertiary alicyclic amines) is 1. The van der Waals surface area contributed by atoms with Crippen LogP contribution in [0.25, 0.3) is 0 Å². The highest BCUT2D eigenvalue weighted by molar-refractivity contribution is 7.99. The number of nitrogens with zero attached hydrogens (tertiary/aromatic N) is 1. The second-order valence-corrected chi connectivity index (χ2v) is 12.4. The Kier molecular flexibility index (Phi) is 8.94. The van der Waals surface area contributed by atoms with Gasteiger partial charge in [-0.25, -0.2) is 0 Å². The number of thioether (sulfide) groups is 1. The molecule has 1 saturated carbocycles. The second-order valence-electron chi connectivity index (χ2n) is 10.2. The summed E-state index contributed by atoms with van der Waals surface area (Å²) in [6, 6.07) is 16.6. The Morgan fingerprint density at radius 1 is 1.11 bits per heavy atom. The number of carbonyl (C=O) groups is 1. The van der Waals surface area contributed by atoms with Crippen molar-refractivity contribution < 1.29 is 4.79 Å². The Morgan fingerprint density at radius 3 is 2.46 bits per heavy atom. The molecule has 1 aliphatic carbocycles. The van der Waals surface area contributed by atoms with E-state index in [0.29, 0.717) is 23.3 Å². The molecule has 2 fully saturated rings. The van der Waals surface area contributed by atoms with E-state index in [1.54, 1.807) is 0 Å². The average molecular weight is 531 g/mol. The summed E-state index contributed by atoms with van der Waals surface area (Å²) in [5.74, 6) is 3.07. The van der Waals surface area contributed by atoms with Gasteiger partial charge in [-0.2, -0.15) is 11.8 Å². The van der Waals surface area contributed by atoms with Gasteiger partial charge in [-0.15, -0.1) is 6.58 Å². The predicted molar refractivity (Wildman–Crippen MR) is 152 cm³/mol. The fourth-order valence-corrected chi connectivity index (χ4v) is 7.30. The summed E-state index contributed by atoms with van der Waals surface area (Å²) in [6.07, 6.45) is 7.71. The van der Waals surface area contributed by atoms with Crippen LogP contribution in [0.2, 0.25) is 10.0 Å². The first kappa shape index (κ1) is 26.6. The van der Waals surface area contributed by atoms with Gasteiger partial charge in [-0.05, 0) is 79.2 Å².